The summed E-state index contributed by atoms with van der Waals surface area (Å²) in [6.45, 7) is 16.8. The van der Waals surface area contributed by atoms with Crippen molar-refractivity contribution in [3.05, 3.63) is 35.9 Å². The van der Waals surface area contributed by atoms with Crippen molar-refractivity contribution in [3.63, 3.8) is 0 Å². The molecule has 0 radical (unpaired) electrons. The van der Waals surface area contributed by atoms with Gasteiger partial charge in [-0.15, -0.1) is 0 Å². The highest BCUT2D eigenvalue weighted by atomic mass is 15.1. The molecule has 0 aromatic heterocycles. The molecule has 20 heavy (non-hydrogen) atoms. The van der Waals surface area contributed by atoms with Crippen LogP contribution in [0.1, 0.15) is 47.1 Å². The van der Waals surface area contributed by atoms with Gasteiger partial charge in [0.05, 0.1) is 0 Å². The van der Waals surface area contributed by atoms with Crippen LogP contribution < -0.4 is 5.32 Å². The van der Waals surface area contributed by atoms with Gasteiger partial charge in [0, 0.05) is 24.7 Å². The van der Waals surface area contributed by atoms with Gasteiger partial charge >= 0.3 is 0 Å². The normalized spacial score (nSPS) is 14.0. The molecule has 1 aromatic rings. The minimum atomic E-state index is 0.205. The topological polar surface area (TPSA) is 15.3 Å². The Morgan fingerprint density at radius 3 is 2.15 bits per heavy atom. The molecular formula is C18H32N2. The first-order valence-corrected chi connectivity index (χ1v) is 7.81. The molecule has 114 valence electrons. The fourth-order valence-electron chi connectivity index (χ4n) is 2.22. The highest BCUT2D eigenvalue weighted by Gasteiger charge is 2.16. The lowest BCUT2D eigenvalue weighted by Crippen LogP contribution is -2.42. The van der Waals surface area contributed by atoms with E-state index in [0.717, 1.165) is 19.6 Å². The first-order valence-electron chi connectivity index (χ1n) is 7.81. The fourth-order valence-corrected chi connectivity index (χ4v) is 2.22. The number of nitrogens with zero attached hydrogens (tertiary/aromatic N) is 1. The van der Waals surface area contributed by atoms with Crippen LogP contribution in [0.2, 0.25) is 0 Å². The van der Waals surface area contributed by atoms with Crippen LogP contribution in [-0.2, 0) is 6.54 Å². The molecule has 1 atom stereocenters. The zero-order valence-corrected chi connectivity index (χ0v) is 14.1. The van der Waals surface area contributed by atoms with E-state index in [1.54, 1.807) is 0 Å². The smallest absolute Gasteiger partial charge is 0.0236 e. The summed E-state index contributed by atoms with van der Waals surface area (Å²) in [6, 6.07) is 11.3. The van der Waals surface area contributed by atoms with Crippen molar-refractivity contribution in [3.8, 4) is 0 Å². The van der Waals surface area contributed by atoms with E-state index in [1.807, 2.05) is 0 Å². The van der Waals surface area contributed by atoms with Gasteiger partial charge in [-0.3, -0.25) is 4.90 Å². The van der Waals surface area contributed by atoms with E-state index in [-0.39, 0.29) is 5.54 Å². The van der Waals surface area contributed by atoms with Crippen LogP contribution >= 0.6 is 0 Å². The van der Waals surface area contributed by atoms with E-state index in [4.69, 9.17) is 0 Å². The van der Waals surface area contributed by atoms with Crippen LogP contribution in [0.4, 0.5) is 0 Å². The Hall–Kier alpha value is -0.860. The lowest BCUT2D eigenvalue weighted by atomic mass is 10.1. The second-order valence-corrected chi connectivity index (χ2v) is 7.24. The summed E-state index contributed by atoms with van der Waals surface area (Å²) in [5.74, 6) is 0.653. The first-order chi connectivity index (χ1) is 9.28. The molecule has 2 heteroatoms. The van der Waals surface area contributed by atoms with Gasteiger partial charge in [0.2, 0.25) is 0 Å². The van der Waals surface area contributed by atoms with Gasteiger partial charge in [-0.2, -0.15) is 0 Å². The predicted molar refractivity (Wildman–Crippen MR) is 88.9 cm³/mol. The molecule has 0 saturated heterocycles. The van der Waals surface area contributed by atoms with Gasteiger partial charge in [0.1, 0.15) is 0 Å². The molecule has 0 spiro atoms. The van der Waals surface area contributed by atoms with Gasteiger partial charge in [-0.1, -0.05) is 37.3 Å². The summed E-state index contributed by atoms with van der Waals surface area (Å²) in [7, 11) is 0. The first kappa shape index (κ1) is 17.2. The summed E-state index contributed by atoms with van der Waals surface area (Å²) in [5, 5.41) is 3.60. The molecule has 0 aliphatic carbocycles. The molecule has 0 aliphatic rings. The molecule has 1 unspecified atom stereocenters. The Morgan fingerprint density at radius 2 is 1.65 bits per heavy atom. The molecule has 0 amide bonds. The molecule has 0 aliphatic heterocycles. The van der Waals surface area contributed by atoms with Crippen molar-refractivity contribution < 1.29 is 0 Å². The number of hydrogen-bond acceptors (Lipinski definition) is 2. The highest BCUT2D eigenvalue weighted by molar-refractivity contribution is 5.14. The molecule has 0 fully saturated rings. The molecule has 0 heterocycles. The molecular weight excluding hydrogens is 244 g/mol. The number of nitrogens with one attached hydrogen (secondary N) is 1. The van der Waals surface area contributed by atoms with Crippen LogP contribution in [0.25, 0.3) is 0 Å². The minimum Gasteiger partial charge on any atom is -0.312 e. The maximum absolute atomic E-state index is 3.60. The van der Waals surface area contributed by atoms with Crippen molar-refractivity contribution >= 4 is 0 Å². The predicted octanol–water partition coefficient (Wildman–Crippen LogP) is 3.92. The second-order valence-electron chi connectivity index (χ2n) is 7.24. The standard InChI is InChI=1S/C18H32N2/c1-15(2)20(14-17-10-8-7-9-11-17)13-16(3)12-19-18(4,5)6/h7-11,15-16,19H,12-14H2,1-6H3. The highest BCUT2D eigenvalue weighted by Crippen LogP contribution is 2.11. The summed E-state index contributed by atoms with van der Waals surface area (Å²) < 4.78 is 0. The molecule has 2 nitrogen and oxygen atoms in total. The third-order valence-electron chi connectivity index (χ3n) is 3.49. The van der Waals surface area contributed by atoms with Crippen LogP contribution in [0.5, 0.6) is 0 Å². The summed E-state index contributed by atoms with van der Waals surface area (Å²) >= 11 is 0. The Bertz CT molecular complexity index is 365. The van der Waals surface area contributed by atoms with Crippen molar-refractivity contribution in [2.75, 3.05) is 13.1 Å². The maximum atomic E-state index is 3.60. The van der Waals surface area contributed by atoms with Crippen molar-refractivity contribution in [2.45, 2.75) is 59.7 Å². The molecule has 1 rings (SSSR count). The van der Waals surface area contributed by atoms with Gasteiger partial charge < -0.3 is 5.32 Å². The van der Waals surface area contributed by atoms with E-state index < -0.39 is 0 Å². The monoisotopic (exact) mass is 276 g/mol. The maximum Gasteiger partial charge on any atom is 0.0236 e. The van der Waals surface area contributed by atoms with E-state index in [9.17, 15) is 0 Å². The second kappa shape index (κ2) is 7.80. The van der Waals surface area contributed by atoms with Crippen LogP contribution in [0, 0.1) is 5.92 Å². The minimum absolute atomic E-state index is 0.205. The van der Waals surface area contributed by atoms with Gasteiger partial charge in [0.15, 0.2) is 0 Å². The van der Waals surface area contributed by atoms with Crippen molar-refractivity contribution in [1.82, 2.24) is 10.2 Å². The van der Waals surface area contributed by atoms with Gasteiger partial charge in [0.25, 0.3) is 0 Å². The summed E-state index contributed by atoms with van der Waals surface area (Å²) in [5.41, 5.74) is 1.60. The lowest BCUT2D eigenvalue weighted by Gasteiger charge is -2.31. The Kier molecular flexibility index (Phi) is 6.70. The number of rotatable bonds is 7. The van der Waals surface area contributed by atoms with E-state index in [0.29, 0.717) is 12.0 Å². The third-order valence-corrected chi connectivity index (χ3v) is 3.49. The van der Waals surface area contributed by atoms with Crippen LogP contribution in [-0.4, -0.2) is 29.6 Å². The number of benzene rings is 1. The van der Waals surface area contributed by atoms with Crippen LogP contribution in [0.3, 0.4) is 0 Å². The lowest BCUT2D eigenvalue weighted by molar-refractivity contribution is 0.178. The molecule has 0 bridgehead atoms. The SMILES string of the molecule is CC(CNC(C)(C)C)CN(Cc1ccccc1)C(C)C. The van der Waals surface area contributed by atoms with Crippen molar-refractivity contribution in [1.29, 1.82) is 0 Å². The van der Waals surface area contributed by atoms with E-state index in [1.165, 1.54) is 5.56 Å². The van der Waals surface area contributed by atoms with Crippen molar-refractivity contribution in [2.24, 2.45) is 5.92 Å². The largest absolute Gasteiger partial charge is 0.312 e. The number of hydrogen-bond donors (Lipinski definition) is 1. The van der Waals surface area contributed by atoms with Gasteiger partial charge in [-0.05, 0) is 52.6 Å². The summed E-state index contributed by atoms with van der Waals surface area (Å²) in [4.78, 5) is 2.56. The zero-order chi connectivity index (χ0) is 15.2. The quantitative estimate of drug-likeness (QED) is 0.812. The summed E-state index contributed by atoms with van der Waals surface area (Å²) in [6.07, 6.45) is 0. The molecule has 0 saturated carbocycles. The average molecular weight is 276 g/mol. The van der Waals surface area contributed by atoms with Gasteiger partial charge in [-0.25, -0.2) is 0 Å². The van der Waals surface area contributed by atoms with E-state index >= 15 is 0 Å². The fraction of sp³-hybridized carbons (Fsp3) is 0.667. The molecule has 1 aromatic carbocycles. The average Bonchev–Trinajstić information content (AvgIpc) is 2.36. The Morgan fingerprint density at radius 1 is 1.05 bits per heavy atom. The zero-order valence-electron chi connectivity index (χ0n) is 14.1. The Balaban J connectivity index is 2.51. The van der Waals surface area contributed by atoms with E-state index in [2.05, 4.69) is 82.1 Å². The van der Waals surface area contributed by atoms with Crippen LogP contribution in [0.15, 0.2) is 30.3 Å². The third kappa shape index (κ3) is 7.06. The molecule has 1 N–H and O–H groups in total. The Labute approximate surface area is 125 Å².